The van der Waals surface area contributed by atoms with Gasteiger partial charge in [-0.25, -0.2) is 0 Å². The molecule has 0 N–H and O–H groups in total. The number of unbranched alkanes of at least 4 members (excludes halogenated alkanes) is 4. The Morgan fingerprint density at radius 2 is 1.69 bits per heavy atom. The van der Waals surface area contributed by atoms with Crippen LogP contribution in [-0.4, -0.2) is 12.8 Å². The summed E-state index contributed by atoms with van der Waals surface area (Å²) in [5.41, 5.74) is 2.51. The molecule has 0 aliphatic carbocycles. The van der Waals surface area contributed by atoms with Crippen LogP contribution in [0.4, 0.5) is 0 Å². The molecule has 0 saturated carbocycles. The molecule has 0 heterocycles. The molecule has 0 amide bonds. The van der Waals surface area contributed by atoms with E-state index in [9.17, 15) is 0 Å². The third kappa shape index (κ3) is 5.69. The zero-order valence-electron chi connectivity index (χ0n) is 10.6. The van der Waals surface area contributed by atoms with Crippen molar-refractivity contribution < 1.29 is 0 Å². The molecule has 0 aliphatic rings. The minimum atomic E-state index is 0.970. The van der Waals surface area contributed by atoms with Gasteiger partial charge < -0.3 is 0 Å². The molecule has 16 heavy (non-hydrogen) atoms. The van der Waals surface area contributed by atoms with E-state index in [1.807, 2.05) is 6.21 Å². The van der Waals surface area contributed by atoms with E-state index in [-0.39, 0.29) is 0 Å². The lowest BCUT2D eigenvalue weighted by atomic mass is 10.1. The number of aryl methyl sites for hydroxylation is 1. The average Bonchev–Trinajstić information content (AvgIpc) is 2.30. The van der Waals surface area contributed by atoms with E-state index < -0.39 is 0 Å². The molecule has 1 aromatic carbocycles. The van der Waals surface area contributed by atoms with Gasteiger partial charge in [-0.05, 0) is 18.9 Å². The predicted octanol–water partition coefficient (Wildman–Crippen LogP) is 4.38. The van der Waals surface area contributed by atoms with Crippen LogP contribution in [0.1, 0.15) is 50.2 Å². The highest BCUT2D eigenvalue weighted by molar-refractivity contribution is 5.79. The lowest BCUT2D eigenvalue weighted by molar-refractivity contribution is 0.639. The second-order valence-electron chi connectivity index (χ2n) is 4.36. The summed E-state index contributed by atoms with van der Waals surface area (Å²) in [7, 11) is 0. The van der Waals surface area contributed by atoms with E-state index in [0.717, 1.165) is 6.54 Å². The molecule has 0 atom stereocenters. The van der Waals surface area contributed by atoms with Gasteiger partial charge in [-0.2, -0.15) is 0 Å². The molecule has 0 fully saturated rings. The molecule has 1 rings (SSSR count). The Kier molecular flexibility index (Phi) is 6.55. The molecule has 1 aromatic rings. The summed E-state index contributed by atoms with van der Waals surface area (Å²) in [6.07, 6.45) is 8.56. The Morgan fingerprint density at radius 1 is 1.00 bits per heavy atom. The molecule has 0 saturated heterocycles. The first-order valence-electron chi connectivity index (χ1n) is 6.39. The van der Waals surface area contributed by atoms with Crippen LogP contribution in [0.5, 0.6) is 0 Å². The highest BCUT2D eigenvalue weighted by Gasteiger charge is 1.88. The molecular weight excluding hydrogens is 194 g/mol. The van der Waals surface area contributed by atoms with Crippen molar-refractivity contribution >= 4 is 6.21 Å². The SMILES string of the molecule is CCCCCCCN=Cc1ccc(C)cc1. The maximum atomic E-state index is 4.44. The van der Waals surface area contributed by atoms with Crippen LogP contribution in [0.3, 0.4) is 0 Å². The average molecular weight is 217 g/mol. The van der Waals surface area contributed by atoms with E-state index in [1.54, 1.807) is 0 Å². The lowest BCUT2D eigenvalue weighted by Crippen LogP contribution is -1.86. The summed E-state index contributed by atoms with van der Waals surface area (Å²) in [5.74, 6) is 0. The van der Waals surface area contributed by atoms with Crippen molar-refractivity contribution in [2.75, 3.05) is 6.54 Å². The fraction of sp³-hybridized carbons (Fsp3) is 0.533. The molecule has 88 valence electrons. The number of aliphatic imine (C=N–C) groups is 1. The van der Waals surface area contributed by atoms with Crippen molar-refractivity contribution in [1.82, 2.24) is 0 Å². The monoisotopic (exact) mass is 217 g/mol. The summed E-state index contributed by atoms with van der Waals surface area (Å²) >= 11 is 0. The zero-order valence-corrected chi connectivity index (χ0v) is 10.6. The van der Waals surface area contributed by atoms with E-state index >= 15 is 0 Å². The second-order valence-corrected chi connectivity index (χ2v) is 4.36. The first kappa shape index (κ1) is 13.0. The highest BCUT2D eigenvalue weighted by atomic mass is 14.7. The minimum absolute atomic E-state index is 0.970. The van der Waals surface area contributed by atoms with Crippen LogP contribution < -0.4 is 0 Å². The number of hydrogen-bond acceptors (Lipinski definition) is 1. The van der Waals surface area contributed by atoms with Crippen LogP contribution >= 0.6 is 0 Å². The van der Waals surface area contributed by atoms with Gasteiger partial charge >= 0.3 is 0 Å². The summed E-state index contributed by atoms with van der Waals surface area (Å²) in [5, 5.41) is 0. The summed E-state index contributed by atoms with van der Waals surface area (Å²) in [4.78, 5) is 4.44. The van der Waals surface area contributed by atoms with Crippen LogP contribution in [0.2, 0.25) is 0 Å². The standard InChI is InChI=1S/C15H23N/c1-3-4-5-6-7-12-16-13-15-10-8-14(2)9-11-15/h8-11,13H,3-7,12H2,1-2H3. The van der Waals surface area contributed by atoms with Crippen molar-refractivity contribution in [1.29, 1.82) is 0 Å². The smallest absolute Gasteiger partial charge is 0.0389 e. The van der Waals surface area contributed by atoms with Crippen LogP contribution in [0.25, 0.3) is 0 Å². The van der Waals surface area contributed by atoms with Crippen molar-refractivity contribution in [3.05, 3.63) is 35.4 Å². The fourth-order valence-electron chi connectivity index (χ4n) is 1.63. The third-order valence-electron chi connectivity index (χ3n) is 2.71. The molecule has 0 radical (unpaired) electrons. The molecule has 0 spiro atoms. The van der Waals surface area contributed by atoms with E-state index in [4.69, 9.17) is 0 Å². The number of rotatable bonds is 7. The van der Waals surface area contributed by atoms with Crippen LogP contribution in [0, 0.1) is 6.92 Å². The number of hydrogen-bond donors (Lipinski definition) is 0. The van der Waals surface area contributed by atoms with E-state index in [2.05, 4.69) is 43.1 Å². The molecule has 0 unspecified atom stereocenters. The van der Waals surface area contributed by atoms with Crippen LogP contribution in [0.15, 0.2) is 29.3 Å². The third-order valence-corrected chi connectivity index (χ3v) is 2.71. The highest BCUT2D eigenvalue weighted by Crippen LogP contribution is 2.03. The lowest BCUT2D eigenvalue weighted by Gasteiger charge is -1.97. The maximum absolute atomic E-state index is 4.44. The van der Waals surface area contributed by atoms with Crippen LogP contribution in [-0.2, 0) is 0 Å². The normalized spacial score (nSPS) is 11.1. The van der Waals surface area contributed by atoms with Gasteiger partial charge in [0, 0.05) is 12.8 Å². The van der Waals surface area contributed by atoms with E-state index in [1.165, 1.54) is 43.2 Å². The van der Waals surface area contributed by atoms with Crippen molar-refractivity contribution in [2.45, 2.75) is 46.0 Å². The Balaban J connectivity index is 2.14. The number of nitrogens with zero attached hydrogens (tertiary/aromatic N) is 1. The van der Waals surface area contributed by atoms with Gasteiger partial charge in [-0.1, -0.05) is 62.4 Å². The molecule has 0 aromatic heterocycles. The largest absolute Gasteiger partial charge is 0.293 e. The quantitative estimate of drug-likeness (QED) is 0.474. The first-order valence-corrected chi connectivity index (χ1v) is 6.39. The Hall–Kier alpha value is -1.11. The Labute approximate surface area is 99.6 Å². The van der Waals surface area contributed by atoms with Crippen molar-refractivity contribution in [3.8, 4) is 0 Å². The zero-order chi connectivity index (χ0) is 11.6. The van der Waals surface area contributed by atoms with Crippen molar-refractivity contribution in [3.63, 3.8) is 0 Å². The number of benzene rings is 1. The summed E-state index contributed by atoms with van der Waals surface area (Å²) < 4.78 is 0. The van der Waals surface area contributed by atoms with Gasteiger partial charge in [0.15, 0.2) is 0 Å². The van der Waals surface area contributed by atoms with Gasteiger partial charge in [0.2, 0.25) is 0 Å². The molecule has 1 nitrogen and oxygen atoms in total. The summed E-state index contributed by atoms with van der Waals surface area (Å²) in [6, 6.07) is 8.50. The molecule has 1 heteroatoms. The Bertz CT molecular complexity index is 298. The fourth-order valence-corrected chi connectivity index (χ4v) is 1.63. The van der Waals surface area contributed by atoms with Crippen molar-refractivity contribution in [2.24, 2.45) is 4.99 Å². The molecular formula is C15H23N. The maximum Gasteiger partial charge on any atom is 0.0389 e. The van der Waals surface area contributed by atoms with E-state index in [0.29, 0.717) is 0 Å². The van der Waals surface area contributed by atoms with Gasteiger partial charge in [0.25, 0.3) is 0 Å². The first-order chi connectivity index (χ1) is 7.83. The minimum Gasteiger partial charge on any atom is -0.293 e. The molecule has 0 aliphatic heterocycles. The topological polar surface area (TPSA) is 12.4 Å². The Morgan fingerprint density at radius 3 is 2.38 bits per heavy atom. The van der Waals surface area contributed by atoms with Gasteiger partial charge in [0.1, 0.15) is 0 Å². The van der Waals surface area contributed by atoms with Gasteiger partial charge in [0.05, 0.1) is 0 Å². The summed E-state index contributed by atoms with van der Waals surface area (Å²) in [6.45, 7) is 5.32. The predicted molar refractivity (Wildman–Crippen MR) is 72.4 cm³/mol. The van der Waals surface area contributed by atoms with Gasteiger partial charge in [-0.15, -0.1) is 0 Å². The molecule has 0 bridgehead atoms. The second kappa shape index (κ2) is 8.09. The van der Waals surface area contributed by atoms with Gasteiger partial charge in [-0.3, -0.25) is 4.99 Å².